The predicted molar refractivity (Wildman–Crippen MR) is 96.2 cm³/mol. The van der Waals surface area contributed by atoms with Crippen molar-refractivity contribution >= 4 is 0 Å². The van der Waals surface area contributed by atoms with Gasteiger partial charge in [-0.15, -0.1) is 0 Å². The zero-order valence-electron chi connectivity index (χ0n) is 14.2. The van der Waals surface area contributed by atoms with E-state index >= 15 is 0 Å². The Morgan fingerprint density at radius 3 is 1.74 bits per heavy atom. The van der Waals surface area contributed by atoms with Crippen LogP contribution >= 0.6 is 0 Å². The normalized spacial score (nSPS) is 12.7. The van der Waals surface area contributed by atoms with Crippen LogP contribution in [0, 0.1) is 0 Å². The van der Waals surface area contributed by atoms with Crippen molar-refractivity contribution in [1.29, 1.82) is 0 Å². The van der Waals surface area contributed by atoms with Crippen LogP contribution in [-0.4, -0.2) is 47.7 Å². The maximum atomic E-state index is 10.4. The quantitative estimate of drug-likeness (QED) is 0.771. The molecule has 0 aromatic heterocycles. The van der Waals surface area contributed by atoms with Gasteiger partial charge < -0.3 is 10.0 Å². The van der Waals surface area contributed by atoms with Crippen LogP contribution in [0.15, 0.2) is 60.7 Å². The van der Waals surface area contributed by atoms with Crippen molar-refractivity contribution in [2.45, 2.75) is 26.1 Å². The highest BCUT2D eigenvalue weighted by Gasteiger charge is 2.14. The van der Waals surface area contributed by atoms with Crippen LogP contribution in [0.25, 0.3) is 0 Å². The number of hydrogen-bond donors (Lipinski definition) is 1. The Kier molecular flexibility index (Phi) is 7.27. The Balaban J connectivity index is 2.01. The molecular formula is C20H28N2O. The topological polar surface area (TPSA) is 26.7 Å². The third-order valence-corrected chi connectivity index (χ3v) is 4.03. The van der Waals surface area contributed by atoms with E-state index in [1.54, 1.807) is 0 Å². The highest BCUT2D eigenvalue weighted by molar-refractivity contribution is 5.17. The second-order valence-corrected chi connectivity index (χ2v) is 6.15. The van der Waals surface area contributed by atoms with E-state index in [-0.39, 0.29) is 6.10 Å². The van der Waals surface area contributed by atoms with Gasteiger partial charge in [0.05, 0.1) is 6.10 Å². The summed E-state index contributed by atoms with van der Waals surface area (Å²) in [4.78, 5) is 4.46. The second-order valence-electron chi connectivity index (χ2n) is 6.15. The molecule has 0 aliphatic heterocycles. The van der Waals surface area contributed by atoms with Crippen LogP contribution in [0.2, 0.25) is 0 Å². The summed E-state index contributed by atoms with van der Waals surface area (Å²) in [5.41, 5.74) is 2.55. The first-order valence-electron chi connectivity index (χ1n) is 8.34. The molecule has 1 atom stereocenters. The number of aliphatic hydroxyl groups excluding tert-OH is 1. The fourth-order valence-corrected chi connectivity index (χ4v) is 2.71. The van der Waals surface area contributed by atoms with Gasteiger partial charge in [-0.25, -0.2) is 0 Å². The zero-order chi connectivity index (χ0) is 16.5. The summed E-state index contributed by atoms with van der Waals surface area (Å²) in [6, 6.07) is 20.9. The fraction of sp³-hybridized carbons (Fsp3) is 0.400. The third kappa shape index (κ3) is 6.53. The molecule has 3 heteroatoms. The van der Waals surface area contributed by atoms with Crippen LogP contribution in [0.1, 0.15) is 18.1 Å². The number of aliphatic hydroxyl groups is 1. The van der Waals surface area contributed by atoms with Gasteiger partial charge in [0.25, 0.3) is 0 Å². The minimum atomic E-state index is -0.340. The van der Waals surface area contributed by atoms with E-state index in [2.05, 4.69) is 65.3 Å². The molecule has 0 aliphatic rings. The first kappa shape index (κ1) is 17.7. The van der Waals surface area contributed by atoms with E-state index in [1.165, 1.54) is 11.1 Å². The third-order valence-electron chi connectivity index (χ3n) is 4.03. The van der Waals surface area contributed by atoms with E-state index in [4.69, 9.17) is 0 Å². The fourth-order valence-electron chi connectivity index (χ4n) is 2.71. The second kappa shape index (κ2) is 9.46. The molecule has 2 aromatic carbocycles. The van der Waals surface area contributed by atoms with Gasteiger partial charge in [-0.2, -0.15) is 0 Å². The lowest BCUT2D eigenvalue weighted by atomic mass is 10.1. The summed E-state index contributed by atoms with van der Waals surface area (Å²) in [5.74, 6) is 0. The molecule has 0 spiro atoms. The zero-order valence-corrected chi connectivity index (χ0v) is 14.2. The molecular weight excluding hydrogens is 284 g/mol. The molecule has 0 radical (unpaired) electrons. The Bertz CT molecular complexity index is 503. The van der Waals surface area contributed by atoms with Gasteiger partial charge in [0.15, 0.2) is 0 Å². The number of rotatable bonds is 9. The Hall–Kier alpha value is -1.68. The van der Waals surface area contributed by atoms with Gasteiger partial charge in [0, 0.05) is 26.2 Å². The average Bonchev–Trinajstić information content (AvgIpc) is 2.56. The lowest BCUT2D eigenvalue weighted by molar-refractivity contribution is 0.0773. The molecule has 124 valence electrons. The van der Waals surface area contributed by atoms with Crippen molar-refractivity contribution in [3.05, 3.63) is 71.8 Å². The summed E-state index contributed by atoms with van der Waals surface area (Å²) < 4.78 is 0. The predicted octanol–water partition coefficient (Wildman–Crippen LogP) is 3.00. The lowest BCUT2D eigenvalue weighted by Gasteiger charge is -2.27. The van der Waals surface area contributed by atoms with Crippen molar-refractivity contribution < 1.29 is 5.11 Å². The first-order valence-corrected chi connectivity index (χ1v) is 8.34. The Labute approximate surface area is 140 Å². The number of nitrogens with zero attached hydrogens (tertiary/aromatic N) is 2. The first-order chi connectivity index (χ1) is 11.2. The number of hydrogen-bond acceptors (Lipinski definition) is 3. The number of benzene rings is 2. The molecule has 0 aliphatic carbocycles. The van der Waals surface area contributed by atoms with Crippen molar-refractivity contribution in [2.24, 2.45) is 0 Å². The average molecular weight is 312 g/mol. The Morgan fingerprint density at radius 2 is 1.30 bits per heavy atom. The van der Waals surface area contributed by atoms with Gasteiger partial charge in [-0.05, 0) is 24.7 Å². The van der Waals surface area contributed by atoms with Gasteiger partial charge in [0.1, 0.15) is 0 Å². The summed E-state index contributed by atoms with van der Waals surface area (Å²) in [6.07, 6.45) is -0.340. The van der Waals surface area contributed by atoms with E-state index in [0.717, 1.165) is 19.6 Å². The SMILES string of the molecule is CCN(C)CC(O)CN(Cc1ccccc1)Cc1ccccc1. The lowest BCUT2D eigenvalue weighted by Crippen LogP contribution is -2.38. The van der Waals surface area contributed by atoms with Crippen molar-refractivity contribution in [3.8, 4) is 0 Å². The van der Waals surface area contributed by atoms with Gasteiger partial charge in [-0.3, -0.25) is 4.90 Å². The highest BCUT2D eigenvalue weighted by Crippen LogP contribution is 2.11. The van der Waals surface area contributed by atoms with Crippen molar-refractivity contribution in [2.75, 3.05) is 26.7 Å². The van der Waals surface area contributed by atoms with E-state index in [9.17, 15) is 5.11 Å². The highest BCUT2D eigenvalue weighted by atomic mass is 16.3. The molecule has 3 nitrogen and oxygen atoms in total. The monoisotopic (exact) mass is 312 g/mol. The minimum absolute atomic E-state index is 0.340. The van der Waals surface area contributed by atoms with Crippen LogP contribution < -0.4 is 0 Å². The van der Waals surface area contributed by atoms with Gasteiger partial charge in [-0.1, -0.05) is 67.6 Å². The summed E-state index contributed by atoms with van der Waals surface area (Å²) >= 11 is 0. The molecule has 0 saturated heterocycles. The molecule has 1 unspecified atom stereocenters. The number of likely N-dealkylation sites (N-methyl/N-ethyl adjacent to an activating group) is 1. The molecule has 1 N–H and O–H groups in total. The van der Waals surface area contributed by atoms with Crippen LogP contribution in [0.5, 0.6) is 0 Å². The van der Waals surface area contributed by atoms with Crippen LogP contribution in [0.4, 0.5) is 0 Å². The summed E-state index contributed by atoms with van der Waals surface area (Å²) in [7, 11) is 2.04. The Morgan fingerprint density at radius 1 is 0.826 bits per heavy atom. The minimum Gasteiger partial charge on any atom is -0.390 e. The van der Waals surface area contributed by atoms with Gasteiger partial charge >= 0.3 is 0 Å². The molecule has 0 fully saturated rings. The molecule has 0 bridgehead atoms. The van der Waals surface area contributed by atoms with Crippen molar-refractivity contribution in [1.82, 2.24) is 9.80 Å². The molecule has 23 heavy (non-hydrogen) atoms. The molecule has 0 amide bonds. The molecule has 2 aromatic rings. The van der Waals surface area contributed by atoms with E-state index < -0.39 is 0 Å². The summed E-state index contributed by atoms with van der Waals surface area (Å²) in [6.45, 7) is 6.14. The van der Waals surface area contributed by atoms with Gasteiger partial charge in [0.2, 0.25) is 0 Å². The van der Waals surface area contributed by atoms with Crippen LogP contribution in [-0.2, 0) is 13.1 Å². The molecule has 2 rings (SSSR count). The molecule has 0 heterocycles. The summed E-state index contributed by atoms with van der Waals surface area (Å²) in [5, 5.41) is 10.4. The maximum absolute atomic E-state index is 10.4. The van der Waals surface area contributed by atoms with E-state index in [0.29, 0.717) is 13.1 Å². The van der Waals surface area contributed by atoms with E-state index in [1.807, 2.05) is 19.2 Å². The maximum Gasteiger partial charge on any atom is 0.0793 e. The van der Waals surface area contributed by atoms with Crippen molar-refractivity contribution in [3.63, 3.8) is 0 Å². The standard InChI is InChI=1S/C20H28N2O/c1-3-21(2)16-20(23)17-22(14-18-10-6-4-7-11-18)15-19-12-8-5-9-13-19/h4-13,20,23H,3,14-17H2,1-2H3. The molecule has 0 saturated carbocycles. The van der Waals surface area contributed by atoms with Crippen LogP contribution in [0.3, 0.4) is 0 Å². The largest absolute Gasteiger partial charge is 0.390 e. The smallest absolute Gasteiger partial charge is 0.0793 e.